The summed E-state index contributed by atoms with van der Waals surface area (Å²) in [5.74, 6) is 0.786. The van der Waals surface area contributed by atoms with Crippen LogP contribution in [0.5, 0.6) is 5.75 Å². The van der Waals surface area contributed by atoms with Crippen LogP contribution in [-0.2, 0) is 9.84 Å². The summed E-state index contributed by atoms with van der Waals surface area (Å²) in [6, 6.07) is 7.73. The van der Waals surface area contributed by atoms with E-state index >= 15 is 0 Å². The van der Waals surface area contributed by atoms with E-state index in [-0.39, 0.29) is 17.4 Å². The van der Waals surface area contributed by atoms with Gasteiger partial charge < -0.3 is 10.5 Å². The van der Waals surface area contributed by atoms with E-state index in [4.69, 9.17) is 10.5 Å². The Balaban J connectivity index is 1.99. The van der Waals surface area contributed by atoms with Crippen molar-refractivity contribution in [2.75, 3.05) is 6.26 Å². The Morgan fingerprint density at radius 2 is 1.90 bits per heavy atom. The van der Waals surface area contributed by atoms with E-state index in [1.807, 2.05) is 31.2 Å². The third kappa shape index (κ3) is 3.96. The van der Waals surface area contributed by atoms with E-state index in [2.05, 4.69) is 0 Å². The van der Waals surface area contributed by atoms with Gasteiger partial charge in [0.25, 0.3) is 0 Å². The van der Waals surface area contributed by atoms with Crippen LogP contribution in [-0.4, -0.2) is 26.0 Å². The summed E-state index contributed by atoms with van der Waals surface area (Å²) < 4.78 is 29.2. The van der Waals surface area contributed by atoms with Gasteiger partial charge in [0.05, 0.1) is 11.4 Å². The molecule has 4 nitrogen and oxygen atoms in total. The van der Waals surface area contributed by atoms with E-state index in [0.717, 1.165) is 30.6 Å². The fourth-order valence-electron chi connectivity index (χ4n) is 2.64. The SMILES string of the molecule is C[C@@H](N)c1ccc(OC2CCCC(S(C)(=O)=O)C2)cc1. The van der Waals surface area contributed by atoms with Crippen LogP contribution < -0.4 is 10.5 Å². The fourth-order valence-corrected chi connectivity index (χ4v) is 3.80. The highest BCUT2D eigenvalue weighted by atomic mass is 32.2. The second kappa shape index (κ2) is 6.14. The standard InChI is InChI=1S/C15H23NO3S/c1-11(16)12-6-8-13(9-7-12)19-14-4-3-5-15(10-14)20(2,17)18/h6-9,11,14-15H,3-5,10,16H2,1-2H3/t11-,14?,15?/m1/s1. The Labute approximate surface area is 121 Å². The van der Waals surface area contributed by atoms with Crippen molar-refractivity contribution in [1.82, 2.24) is 0 Å². The summed E-state index contributed by atoms with van der Waals surface area (Å²) >= 11 is 0. The van der Waals surface area contributed by atoms with Crippen molar-refractivity contribution in [3.05, 3.63) is 29.8 Å². The molecule has 20 heavy (non-hydrogen) atoms. The van der Waals surface area contributed by atoms with E-state index < -0.39 is 9.84 Å². The molecular weight excluding hydrogens is 274 g/mol. The number of sulfone groups is 1. The van der Waals surface area contributed by atoms with Gasteiger partial charge in [-0.1, -0.05) is 12.1 Å². The van der Waals surface area contributed by atoms with Gasteiger partial charge in [-0.15, -0.1) is 0 Å². The molecule has 2 N–H and O–H groups in total. The molecule has 0 heterocycles. The van der Waals surface area contributed by atoms with Gasteiger partial charge in [-0.25, -0.2) is 8.42 Å². The fraction of sp³-hybridized carbons (Fsp3) is 0.600. The van der Waals surface area contributed by atoms with Gasteiger partial charge in [0.1, 0.15) is 15.6 Å². The third-order valence-electron chi connectivity index (χ3n) is 3.89. The number of ether oxygens (including phenoxy) is 1. The zero-order valence-electron chi connectivity index (χ0n) is 12.1. The first-order valence-electron chi connectivity index (χ1n) is 7.07. The Hall–Kier alpha value is -1.07. The van der Waals surface area contributed by atoms with Crippen LogP contribution in [0.25, 0.3) is 0 Å². The first-order chi connectivity index (χ1) is 9.36. The average Bonchev–Trinajstić information content (AvgIpc) is 2.38. The third-order valence-corrected chi connectivity index (χ3v) is 5.53. The highest BCUT2D eigenvalue weighted by Crippen LogP contribution is 2.27. The number of benzene rings is 1. The van der Waals surface area contributed by atoms with Crippen LogP contribution in [0.1, 0.15) is 44.2 Å². The Kier molecular flexibility index (Phi) is 4.70. The lowest BCUT2D eigenvalue weighted by atomic mass is 9.97. The predicted octanol–water partition coefficient (Wildman–Crippen LogP) is 2.44. The maximum absolute atomic E-state index is 11.6. The van der Waals surface area contributed by atoms with E-state index in [9.17, 15) is 8.42 Å². The molecular formula is C15H23NO3S. The topological polar surface area (TPSA) is 69.4 Å². The lowest BCUT2D eigenvalue weighted by Gasteiger charge is -2.28. The minimum atomic E-state index is -2.97. The second-order valence-corrected chi connectivity index (χ2v) is 8.04. The van der Waals surface area contributed by atoms with Crippen molar-refractivity contribution in [3.63, 3.8) is 0 Å². The van der Waals surface area contributed by atoms with Crippen molar-refractivity contribution >= 4 is 9.84 Å². The Bertz CT molecular complexity index is 537. The van der Waals surface area contributed by atoms with E-state index in [1.165, 1.54) is 6.26 Å². The molecule has 1 aromatic carbocycles. The first-order valence-corrected chi connectivity index (χ1v) is 9.03. The zero-order valence-corrected chi connectivity index (χ0v) is 12.9. The van der Waals surface area contributed by atoms with Gasteiger partial charge in [0, 0.05) is 18.7 Å². The molecule has 0 bridgehead atoms. The van der Waals surface area contributed by atoms with Crippen molar-refractivity contribution in [2.45, 2.75) is 50.0 Å². The lowest BCUT2D eigenvalue weighted by molar-refractivity contribution is 0.156. The van der Waals surface area contributed by atoms with Crippen LogP contribution in [0, 0.1) is 0 Å². The summed E-state index contributed by atoms with van der Waals surface area (Å²) in [5.41, 5.74) is 6.87. The van der Waals surface area contributed by atoms with Gasteiger partial charge in [-0.2, -0.15) is 0 Å². The van der Waals surface area contributed by atoms with Gasteiger partial charge in [-0.3, -0.25) is 0 Å². The molecule has 2 rings (SSSR count). The monoisotopic (exact) mass is 297 g/mol. The smallest absolute Gasteiger partial charge is 0.150 e. The first kappa shape index (κ1) is 15.3. The molecule has 1 aliphatic carbocycles. The summed E-state index contributed by atoms with van der Waals surface area (Å²) in [6.07, 6.45) is 4.47. The van der Waals surface area contributed by atoms with E-state index in [1.54, 1.807) is 0 Å². The maximum atomic E-state index is 11.6. The second-order valence-electron chi connectivity index (χ2n) is 5.72. The van der Waals surface area contributed by atoms with Crippen molar-refractivity contribution in [3.8, 4) is 5.75 Å². The van der Waals surface area contributed by atoms with Crippen LogP contribution in [0.2, 0.25) is 0 Å². The highest BCUT2D eigenvalue weighted by Gasteiger charge is 2.29. The molecule has 5 heteroatoms. The quantitative estimate of drug-likeness (QED) is 0.926. The minimum absolute atomic E-state index is 0.00773. The molecule has 2 unspecified atom stereocenters. The summed E-state index contributed by atoms with van der Waals surface area (Å²) in [5, 5.41) is -0.260. The Morgan fingerprint density at radius 3 is 2.45 bits per heavy atom. The molecule has 1 aromatic rings. The molecule has 1 aliphatic rings. The molecule has 0 radical (unpaired) electrons. The molecule has 0 amide bonds. The van der Waals surface area contributed by atoms with Gasteiger partial charge in [0.2, 0.25) is 0 Å². The Morgan fingerprint density at radius 1 is 1.25 bits per heavy atom. The molecule has 0 spiro atoms. The summed E-state index contributed by atoms with van der Waals surface area (Å²) in [6.45, 7) is 1.94. The number of rotatable bonds is 4. The van der Waals surface area contributed by atoms with Crippen molar-refractivity contribution in [2.24, 2.45) is 5.73 Å². The molecule has 3 atom stereocenters. The normalized spacial score (nSPS) is 25.1. The molecule has 1 fully saturated rings. The summed E-state index contributed by atoms with van der Waals surface area (Å²) in [7, 11) is -2.97. The van der Waals surface area contributed by atoms with Gasteiger partial charge >= 0.3 is 0 Å². The zero-order chi connectivity index (χ0) is 14.8. The number of hydrogen-bond donors (Lipinski definition) is 1. The van der Waals surface area contributed by atoms with Crippen LogP contribution in [0.4, 0.5) is 0 Å². The molecule has 0 aliphatic heterocycles. The molecule has 1 saturated carbocycles. The maximum Gasteiger partial charge on any atom is 0.150 e. The van der Waals surface area contributed by atoms with Gasteiger partial charge in [-0.05, 0) is 43.9 Å². The molecule has 0 aromatic heterocycles. The van der Waals surface area contributed by atoms with Crippen LogP contribution in [0.15, 0.2) is 24.3 Å². The highest BCUT2D eigenvalue weighted by molar-refractivity contribution is 7.91. The average molecular weight is 297 g/mol. The van der Waals surface area contributed by atoms with Crippen molar-refractivity contribution < 1.29 is 13.2 Å². The van der Waals surface area contributed by atoms with Gasteiger partial charge in [0.15, 0.2) is 0 Å². The van der Waals surface area contributed by atoms with Crippen LogP contribution >= 0.6 is 0 Å². The number of nitrogens with two attached hydrogens (primary N) is 1. The van der Waals surface area contributed by atoms with Crippen LogP contribution in [0.3, 0.4) is 0 Å². The predicted molar refractivity (Wildman–Crippen MR) is 80.6 cm³/mol. The molecule has 0 saturated heterocycles. The summed E-state index contributed by atoms with van der Waals surface area (Å²) in [4.78, 5) is 0. The number of hydrogen-bond acceptors (Lipinski definition) is 4. The van der Waals surface area contributed by atoms with Crippen molar-refractivity contribution in [1.29, 1.82) is 0 Å². The minimum Gasteiger partial charge on any atom is -0.490 e. The lowest BCUT2D eigenvalue weighted by Crippen LogP contribution is -2.33. The van der Waals surface area contributed by atoms with E-state index in [0.29, 0.717) is 6.42 Å². The largest absolute Gasteiger partial charge is 0.490 e. The molecule has 112 valence electrons.